The van der Waals surface area contributed by atoms with Crippen molar-refractivity contribution < 1.29 is 9.90 Å². The van der Waals surface area contributed by atoms with Crippen molar-refractivity contribution in [1.82, 2.24) is 0 Å². The van der Waals surface area contributed by atoms with Gasteiger partial charge in [0, 0.05) is 5.92 Å². The summed E-state index contributed by atoms with van der Waals surface area (Å²) < 4.78 is 0. The summed E-state index contributed by atoms with van der Waals surface area (Å²) in [6.07, 6.45) is 2.18. The number of aliphatic hydroxyl groups is 1. The van der Waals surface area contributed by atoms with Gasteiger partial charge in [0.15, 0.2) is 0 Å². The predicted octanol–water partition coefficient (Wildman–Crippen LogP) is 2.13. The molecule has 1 N–H and O–H groups in total. The number of carbonyl (C=O) groups is 1. The molecule has 2 heteroatoms. The Morgan fingerprint density at radius 1 is 1.38 bits per heavy atom. The van der Waals surface area contributed by atoms with Gasteiger partial charge in [-0.15, -0.1) is 0 Å². The van der Waals surface area contributed by atoms with Gasteiger partial charge in [-0.2, -0.15) is 0 Å². The van der Waals surface area contributed by atoms with Crippen LogP contribution in [-0.2, 0) is 17.6 Å². The fourth-order valence-corrected chi connectivity index (χ4v) is 2.58. The summed E-state index contributed by atoms with van der Waals surface area (Å²) in [6, 6.07) is 8.16. The Morgan fingerprint density at radius 2 is 2.00 bits per heavy atom. The van der Waals surface area contributed by atoms with Gasteiger partial charge in [0.2, 0.25) is 0 Å². The van der Waals surface area contributed by atoms with Crippen LogP contribution in [0.15, 0.2) is 24.3 Å². The van der Waals surface area contributed by atoms with E-state index in [1.54, 1.807) is 13.8 Å². The number of rotatable bonds is 1. The minimum absolute atomic E-state index is 0.0849. The summed E-state index contributed by atoms with van der Waals surface area (Å²) in [5, 5.41) is 10.3. The van der Waals surface area contributed by atoms with Gasteiger partial charge in [-0.1, -0.05) is 24.3 Å². The number of benzene rings is 1. The first-order chi connectivity index (χ1) is 7.50. The summed E-state index contributed by atoms with van der Waals surface area (Å²) >= 11 is 0. The third-order valence-electron chi connectivity index (χ3n) is 3.68. The van der Waals surface area contributed by atoms with Crippen LogP contribution in [0.5, 0.6) is 0 Å². The molecule has 2 nitrogen and oxygen atoms in total. The fraction of sp³-hybridized carbons (Fsp3) is 0.500. The van der Waals surface area contributed by atoms with Crippen LogP contribution < -0.4 is 0 Å². The van der Waals surface area contributed by atoms with Gasteiger partial charge in [-0.3, -0.25) is 4.79 Å². The molecule has 16 heavy (non-hydrogen) atoms. The van der Waals surface area contributed by atoms with E-state index in [2.05, 4.69) is 12.1 Å². The average Bonchev–Trinajstić information content (AvgIpc) is 2.36. The van der Waals surface area contributed by atoms with Gasteiger partial charge in [-0.25, -0.2) is 0 Å². The van der Waals surface area contributed by atoms with Crippen LogP contribution in [-0.4, -0.2) is 16.5 Å². The lowest BCUT2D eigenvalue weighted by atomic mass is 9.81. The molecule has 0 radical (unpaired) electrons. The van der Waals surface area contributed by atoms with Crippen molar-refractivity contribution >= 4 is 5.78 Å². The summed E-state index contributed by atoms with van der Waals surface area (Å²) in [7, 11) is 0. The summed E-state index contributed by atoms with van der Waals surface area (Å²) in [5.74, 6) is -0.183. The summed E-state index contributed by atoms with van der Waals surface area (Å²) in [5.41, 5.74) is 1.61. The second-order valence-corrected chi connectivity index (χ2v) is 4.99. The van der Waals surface area contributed by atoms with E-state index in [-0.39, 0.29) is 11.7 Å². The highest BCUT2D eigenvalue weighted by Crippen LogP contribution is 2.32. The van der Waals surface area contributed by atoms with Gasteiger partial charge in [0.1, 0.15) is 5.78 Å². The lowest BCUT2D eigenvalue weighted by Crippen LogP contribution is -2.39. The number of fused-ring (bicyclic) bond motifs is 1. The van der Waals surface area contributed by atoms with Crippen LogP contribution in [0.4, 0.5) is 0 Å². The second kappa shape index (κ2) is 4.02. The third-order valence-corrected chi connectivity index (χ3v) is 3.68. The Kier molecular flexibility index (Phi) is 2.85. The smallest absolute Gasteiger partial charge is 0.136 e. The summed E-state index contributed by atoms with van der Waals surface area (Å²) in [6.45, 7) is 3.36. The van der Waals surface area contributed by atoms with Gasteiger partial charge in [0.25, 0.3) is 0 Å². The topological polar surface area (TPSA) is 37.3 Å². The number of carbonyl (C=O) groups excluding carboxylic acids is 1. The zero-order valence-electron chi connectivity index (χ0n) is 9.86. The molecule has 0 spiro atoms. The Labute approximate surface area is 96.3 Å². The summed E-state index contributed by atoms with van der Waals surface area (Å²) in [4.78, 5) is 11.6. The Bertz CT molecular complexity index is 407. The van der Waals surface area contributed by atoms with Crippen LogP contribution in [0, 0.1) is 5.92 Å². The molecular formula is C14H18O2. The molecule has 0 heterocycles. The molecule has 0 bridgehead atoms. The van der Waals surface area contributed by atoms with Crippen LogP contribution >= 0.6 is 0 Å². The standard InChI is InChI=1S/C14H18O2/c1-10(15)13-9-12-6-4-3-5-11(12)7-8-14(13,2)16/h3-6,13,16H,7-9H2,1-2H3. The lowest BCUT2D eigenvalue weighted by molar-refractivity contribution is -0.129. The fourth-order valence-electron chi connectivity index (χ4n) is 2.58. The molecule has 0 saturated heterocycles. The normalized spacial score (nSPS) is 29.3. The first-order valence-corrected chi connectivity index (χ1v) is 5.80. The zero-order chi connectivity index (χ0) is 11.8. The molecule has 2 unspecified atom stereocenters. The highest BCUT2D eigenvalue weighted by atomic mass is 16.3. The molecule has 0 amide bonds. The van der Waals surface area contributed by atoms with E-state index in [1.807, 2.05) is 12.1 Å². The minimum atomic E-state index is -0.870. The lowest BCUT2D eigenvalue weighted by Gasteiger charge is -2.29. The van der Waals surface area contributed by atoms with E-state index >= 15 is 0 Å². The molecular weight excluding hydrogens is 200 g/mol. The first kappa shape index (κ1) is 11.3. The zero-order valence-corrected chi connectivity index (χ0v) is 9.86. The number of Topliss-reactive ketones (excluding diaryl/α,β-unsaturated/α-hetero) is 1. The van der Waals surface area contributed by atoms with Crippen molar-refractivity contribution in [3.63, 3.8) is 0 Å². The van der Waals surface area contributed by atoms with Crippen molar-refractivity contribution in [2.24, 2.45) is 5.92 Å². The van der Waals surface area contributed by atoms with Gasteiger partial charge >= 0.3 is 0 Å². The van der Waals surface area contributed by atoms with Crippen molar-refractivity contribution in [3.05, 3.63) is 35.4 Å². The van der Waals surface area contributed by atoms with E-state index in [1.165, 1.54) is 11.1 Å². The van der Waals surface area contributed by atoms with Crippen LogP contribution in [0.25, 0.3) is 0 Å². The minimum Gasteiger partial charge on any atom is -0.389 e. The third kappa shape index (κ3) is 2.03. The molecule has 0 saturated carbocycles. The largest absolute Gasteiger partial charge is 0.389 e. The van der Waals surface area contributed by atoms with Gasteiger partial charge < -0.3 is 5.11 Å². The van der Waals surface area contributed by atoms with Crippen LogP contribution in [0.1, 0.15) is 31.4 Å². The van der Waals surface area contributed by atoms with Gasteiger partial charge in [0.05, 0.1) is 5.60 Å². The maximum atomic E-state index is 11.6. The molecule has 1 aliphatic carbocycles. The maximum absolute atomic E-state index is 11.6. The van der Waals surface area contributed by atoms with Crippen molar-refractivity contribution in [1.29, 1.82) is 0 Å². The maximum Gasteiger partial charge on any atom is 0.136 e. The molecule has 1 aromatic rings. The van der Waals surface area contributed by atoms with Crippen molar-refractivity contribution in [2.45, 2.75) is 38.7 Å². The van der Waals surface area contributed by atoms with E-state index in [0.717, 1.165) is 6.42 Å². The van der Waals surface area contributed by atoms with E-state index in [0.29, 0.717) is 12.8 Å². The molecule has 1 aromatic carbocycles. The molecule has 0 aliphatic heterocycles. The first-order valence-electron chi connectivity index (χ1n) is 5.80. The van der Waals surface area contributed by atoms with Crippen molar-refractivity contribution in [2.75, 3.05) is 0 Å². The quantitative estimate of drug-likeness (QED) is 0.733. The molecule has 1 aliphatic rings. The molecule has 86 valence electrons. The van der Waals surface area contributed by atoms with E-state index in [4.69, 9.17) is 0 Å². The Balaban J connectivity index is 2.38. The van der Waals surface area contributed by atoms with Crippen molar-refractivity contribution in [3.8, 4) is 0 Å². The monoisotopic (exact) mass is 218 g/mol. The Hall–Kier alpha value is -1.15. The Morgan fingerprint density at radius 3 is 2.62 bits per heavy atom. The highest BCUT2D eigenvalue weighted by molar-refractivity contribution is 5.80. The average molecular weight is 218 g/mol. The molecule has 0 fully saturated rings. The van der Waals surface area contributed by atoms with Crippen LogP contribution in [0.3, 0.4) is 0 Å². The number of aryl methyl sites for hydroxylation is 1. The molecule has 2 atom stereocenters. The van der Waals surface area contributed by atoms with E-state index < -0.39 is 5.60 Å². The molecule has 2 rings (SSSR count). The van der Waals surface area contributed by atoms with Gasteiger partial charge in [-0.05, 0) is 44.2 Å². The number of hydrogen-bond donors (Lipinski definition) is 1. The van der Waals surface area contributed by atoms with E-state index in [9.17, 15) is 9.90 Å². The predicted molar refractivity (Wildman–Crippen MR) is 63.3 cm³/mol. The molecule has 0 aromatic heterocycles. The SMILES string of the molecule is CC(=O)C1Cc2ccccc2CCC1(C)O. The second-order valence-electron chi connectivity index (χ2n) is 4.99. The van der Waals surface area contributed by atoms with Crippen LogP contribution in [0.2, 0.25) is 0 Å². The highest BCUT2D eigenvalue weighted by Gasteiger charge is 2.37. The number of ketones is 1. The number of hydrogen-bond acceptors (Lipinski definition) is 2.